The van der Waals surface area contributed by atoms with Crippen LogP contribution in [0.15, 0.2) is 23.1 Å². The van der Waals surface area contributed by atoms with Crippen LogP contribution in [0.3, 0.4) is 0 Å². The Kier molecular flexibility index (Phi) is 4.17. The summed E-state index contributed by atoms with van der Waals surface area (Å²) in [4.78, 5) is 9.09. The van der Waals surface area contributed by atoms with Crippen molar-refractivity contribution in [3.63, 3.8) is 0 Å². The van der Waals surface area contributed by atoms with E-state index >= 15 is 0 Å². The molecule has 0 radical (unpaired) electrons. The van der Waals surface area contributed by atoms with Crippen LogP contribution in [-0.4, -0.2) is 43.4 Å². The maximum Gasteiger partial charge on any atom is 0.324 e. The molecule has 1 heterocycles. The number of nitro benzene ring substituents is 1. The van der Waals surface area contributed by atoms with Crippen LogP contribution >= 0.6 is 0 Å². The zero-order valence-corrected chi connectivity index (χ0v) is 11.4. The van der Waals surface area contributed by atoms with Gasteiger partial charge >= 0.3 is 5.69 Å². The molecule has 8 nitrogen and oxygen atoms in total. The highest BCUT2D eigenvalue weighted by Crippen LogP contribution is 2.29. The van der Waals surface area contributed by atoms with Gasteiger partial charge in [-0.2, -0.15) is 14.0 Å². The quantitative estimate of drug-likeness (QED) is 0.597. The fourth-order valence-electron chi connectivity index (χ4n) is 1.94. The summed E-state index contributed by atoms with van der Waals surface area (Å²) < 4.78 is 44.3. The molecule has 0 saturated carbocycles. The van der Waals surface area contributed by atoms with Crippen molar-refractivity contribution in [2.45, 2.75) is 11.0 Å². The summed E-state index contributed by atoms with van der Waals surface area (Å²) in [5.74, 6) is -1.23. The van der Waals surface area contributed by atoms with Crippen LogP contribution in [0.4, 0.5) is 10.1 Å². The lowest BCUT2D eigenvalue weighted by Gasteiger charge is -2.28. The van der Waals surface area contributed by atoms with Gasteiger partial charge in [0.2, 0.25) is 15.8 Å². The fraction of sp³-hybridized carbons (Fsp3) is 0.364. The molecule has 0 spiro atoms. The van der Waals surface area contributed by atoms with E-state index in [0.717, 1.165) is 22.5 Å². The van der Waals surface area contributed by atoms with Gasteiger partial charge in [-0.15, -0.1) is 0 Å². The SMILES string of the molecule is N#CC1CN(S(=O)(=O)c2cccc(F)c2[N+](=O)[O-])CCO1. The van der Waals surface area contributed by atoms with Crippen molar-refractivity contribution >= 4 is 15.7 Å². The van der Waals surface area contributed by atoms with Crippen molar-refractivity contribution in [1.82, 2.24) is 4.31 Å². The Morgan fingerprint density at radius 2 is 2.24 bits per heavy atom. The first-order valence-electron chi connectivity index (χ1n) is 5.82. The van der Waals surface area contributed by atoms with E-state index in [1.54, 1.807) is 6.07 Å². The van der Waals surface area contributed by atoms with E-state index in [-0.39, 0.29) is 19.7 Å². The van der Waals surface area contributed by atoms with E-state index in [4.69, 9.17) is 10.00 Å². The number of nitrogens with zero attached hydrogens (tertiary/aromatic N) is 3. The number of halogens is 1. The molecule has 0 N–H and O–H groups in total. The highest BCUT2D eigenvalue weighted by Gasteiger charge is 2.36. The Labute approximate surface area is 119 Å². The molecule has 2 rings (SSSR count). The van der Waals surface area contributed by atoms with E-state index in [9.17, 15) is 22.9 Å². The summed E-state index contributed by atoms with van der Waals surface area (Å²) in [5, 5.41) is 19.7. The third-order valence-electron chi connectivity index (χ3n) is 2.92. The molecule has 1 atom stereocenters. The minimum atomic E-state index is -4.28. The molecule has 1 aliphatic heterocycles. The molecule has 1 aliphatic rings. The number of hydrogen-bond donors (Lipinski definition) is 0. The highest BCUT2D eigenvalue weighted by molar-refractivity contribution is 7.89. The first kappa shape index (κ1) is 15.3. The molecule has 10 heteroatoms. The maximum atomic E-state index is 13.5. The van der Waals surface area contributed by atoms with E-state index in [0.29, 0.717) is 0 Å². The van der Waals surface area contributed by atoms with Gasteiger partial charge in [0.1, 0.15) is 0 Å². The lowest BCUT2D eigenvalue weighted by Crippen LogP contribution is -2.45. The van der Waals surface area contributed by atoms with Crippen LogP contribution in [0, 0.1) is 27.3 Å². The monoisotopic (exact) mass is 315 g/mol. The number of morpholine rings is 1. The summed E-state index contributed by atoms with van der Waals surface area (Å²) in [6.07, 6.45) is -0.957. The molecule has 1 aromatic carbocycles. The molecule has 0 bridgehead atoms. The van der Waals surface area contributed by atoms with Crippen LogP contribution in [0.5, 0.6) is 0 Å². The van der Waals surface area contributed by atoms with E-state index in [1.165, 1.54) is 0 Å². The average molecular weight is 315 g/mol. The number of nitro groups is 1. The number of benzene rings is 1. The maximum absolute atomic E-state index is 13.5. The van der Waals surface area contributed by atoms with Crippen LogP contribution in [0.1, 0.15) is 0 Å². The summed E-state index contributed by atoms with van der Waals surface area (Å²) in [6.45, 7) is -0.332. The number of hydrogen-bond acceptors (Lipinski definition) is 6. The Morgan fingerprint density at radius 3 is 2.86 bits per heavy atom. The topological polar surface area (TPSA) is 114 Å². The van der Waals surface area contributed by atoms with Crippen molar-refractivity contribution in [3.8, 4) is 6.07 Å². The number of nitriles is 1. The zero-order valence-electron chi connectivity index (χ0n) is 10.6. The standard InChI is InChI=1S/C11H10FN3O5S/c12-9-2-1-3-10(11(9)15(16)17)21(18,19)14-4-5-20-8(6-13)7-14/h1-3,8H,4-5,7H2. The summed E-state index contributed by atoms with van der Waals surface area (Å²) >= 11 is 0. The van der Waals surface area contributed by atoms with Crippen molar-refractivity contribution in [1.29, 1.82) is 5.26 Å². The van der Waals surface area contributed by atoms with E-state index in [2.05, 4.69) is 0 Å². The first-order chi connectivity index (χ1) is 9.87. The molecule has 1 unspecified atom stereocenters. The van der Waals surface area contributed by atoms with Gasteiger partial charge in [-0.1, -0.05) is 6.07 Å². The number of rotatable bonds is 3. The number of ether oxygens (including phenoxy) is 1. The van der Waals surface area contributed by atoms with Gasteiger partial charge in [-0.05, 0) is 12.1 Å². The van der Waals surface area contributed by atoms with Crippen molar-refractivity contribution in [2.75, 3.05) is 19.7 Å². The summed E-state index contributed by atoms with van der Waals surface area (Å²) in [6, 6.07) is 4.63. The van der Waals surface area contributed by atoms with Crippen molar-refractivity contribution in [2.24, 2.45) is 0 Å². The Hall–Kier alpha value is -2.09. The van der Waals surface area contributed by atoms with Gasteiger partial charge in [0.05, 0.1) is 24.1 Å². The van der Waals surface area contributed by atoms with E-state index < -0.39 is 37.5 Å². The van der Waals surface area contributed by atoms with Crippen LogP contribution < -0.4 is 0 Å². The second-order valence-electron chi connectivity index (χ2n) is 4.20. The molecule has 1 saturated heterocycles. The first-order valence-corrected chi connectivity index (χ1v) is 7.26. The van der Waals surface area contributed by atoms with Crippen LogP contribution in [0.25, 0.3) is 0 Å². The van der Waals surface area contributed by atoms with Crippen LogP contribution in [0.2, 0.25) is 0 Å². The lowest BCUT2D eigenvalue weighted by molar-refractivity contribution is -0.390. The average Bonchev–Trinajstić information content (AvgIpc) is 2.46. The zero-order chi connectivity index (χ0) is 15.6. The predicted molar refractivity (Wildman–Crippen MR) is 67.2 cm³/mol. The normalized spacial score (nSPS) is 19.9. The molecule has 21 heavy (non-hydrogen) atoms. The molecule has 112 valence electrons. The van der Waals surface area contributed by atoms with Gasteiger partial charge in [-0.25, -0.2) is 8.42 Å². The Balaban J connectivity index is 2.48. The third-order valence-corrected chi connectivity index (χ3v) is 4.82. The minimum absolute atomic E-state index is 0.0133. The molecule has 0 amide bonds. The van der Waals surface area contributed by atoms with Gasteiger partial charge in [0, 0.05) is 6.54 Å². The number of sulfonamides is 1. The van der Waals surface area contributed by atoms with E-state index in [1.807, 2.05) is 0 Å². The molecular weight excluding hydrogens is 305 g/mol. The van der Waals surface area contributed by atoms with Gasteiger partial charge in [-0.3, -0.25) is 10.1 Å². The Bertz CT molecular complexity index is 715. The third kappa shape index (κ3) is 2.85. The fourth-order valence-corrected chi connectivity index (χ4v) is 3.53. The molecule has 1 aromatic rings. The van der Waals surface area contributed by atoms with Gasteiger partial charge in [0.25, 0.3) is 0 Å². The largest absolute Gasteiger partial charge is 0.361 e. The second kappa shape index (κ2) is 5.72. The predicted octanol–water partition coefficient (Wildman–Crippen LogP) is 0.647. The Morgan fingerprint density at radius 1 is 1.52 bits per heavy atom. The molecule has 1 fully saturated rings. The van der Waals surface area contributed by atoms with Crippen molar-refractivity contribution < 1.29 is 22.5 Å². The van der Waals surface area contributed by atoms with Gasteiger partial charge < -0.3 is 4.74 Å². The summed E-state index contributed by atoms with van der Waals surface area (Å²) in [7, 11) is -4.28. The molecular formula is C11H10FN3O5S. The lowest BCUT2D eigenvalue weighted by atomic mass is 10.3. The summed E-state index contributed by atoms with van der Waals surface area (Å²) in [5.41, 5.74) is -1.10. The minimum Gasteiger partial charge on any atom is -0.361 e. The molecule has 0 aliphatic carbocycles. The highest BCUT2D eigenvalue weighted by atomic mass is 32.2. The number of para-hydroxylation sites is 1. The van der Waals surface area contributed by atoms with Crippen molar-refractivity contribution in [3.05, 3.63) is 34.1 Å². The smallest absolute Gasteiger partial charge is 0.324 e. The van der Waals surface area contributed by atoms with Crippen LogP contribution in [-0.2, 0) is 14.8 Å². The molecule has 0 aromatic heterocycles. The second-order valence-corrected chi connectivity index (χ2v) is 6.10. The van der Waals surface area contributed by atoms with Gasteiger partial charge in [0.15, 0.2) is 11.0 Å².